The van der Waals surface area contributed by atoms with Crippen molar-refractivity contribution in [2.75, 3.05) is 14.1 Å². The van der Waals surface area contributed by atoms with Gasteiger partial charge in [-0.1, -0.05) is 72.5 Å². The molecule has 2 nitrogen and oxygen atoms in total. The predicted octanol–water partition coefficient (Wildman–Crippen LogP) is 3.69. The van der Waals surface area contributed by atoms with E-state index in [0.717, 1.165) is 11.1 Å². The van der Waals surface area contributed by atoms with Crippen molar-refractivity contribution in [1.29, 1.82) is 0 Å². The summed E-state index contributed by atoms with van der Waals surface area (Å²) in [7, 11) is 3.97. The molecule has 0 spiro atoms. The van der Waals surface area contributed by atoms with E-state index in [1.54, 1.807) is 0 Å². The molecule has 0 bridgehead atoms. The quantitative estimate of drug-likeness (QED) is 0.868. The fourth-order valence-electron chi connectivity index (χ4n) is 2.02. The molecule has 0 aromatic heterocycles. The zero-order valence-electron chi connectivity index (χ0n) is 14.1. The Balaban J connectivity index is 0.00000264. The topological polar surface area (TPSA) is 23.5 Å². The lowest BCUT2D eigenvalue weighted by atomic mass is 9.86. The molecule has 122 valence electrons. The van der Waals surface area contributed by atoms with E-state index in [-0.39, 0.29) is 17.9 Å². The van der Waals surface area contributed by atoms with Crippen molar-refractivity contribution in [2.45, 2.75) is 25.0 Å². The van der Waals surface area contributed by atoms with Crippen LogP contribution in [0.1, 0.15) is 25.0 Å². The van der Waals surface area contributed by atoms with Crippen molar-refractivity contribution < 1.29 is 5.11 Å². The normalized spacial score (nSPS) is 11.4. The summed E-state index contributed by atoms with van der Waals surface area (Å²) in [4.78, 5) is 2.04. The maximum atomic E-state index is 11.3. The second-order valence-corrected chi connectivity index (χ2v) is 6.15. The van der Waals surface area contributed by atoms with Gasteiger partial charge in [-0.15, -0.1) is 12.4 Å². The number of hydrogen-bond acceptors (Lipinski definition) is 2. The molecular formula is C20H24ClNO. The van der Waals surface area contributed by atoms with Crippen LogP contribution in [0.3, 0.4) is 0 Å². The molecule has 0 fully saturated rings. The highest BCUT2D eigenvalue weighted by atomic mass is 35.5. The van der Waals surface area contributed by atoms with Gasteiger partial charge < -0.3 is 5.11 Å². The van der Waals surface area contributed by atoms with Crippen LogP contribution in [0.2, 0.25) is 0 Å². The van der Waals surface area contributed by atoms with Gasteiger partial charge in [-0.3, -0.25) is 4.90 Å². The fraction of sp³-hybridized carbons (Fsp3) is 0.300. The van der Waals surface area contributed by atoms with Gasteiger partial charge in [-0.25, -0.2) is 0 Å². The van der Waals surface area contributed by atoms with Gasteiger partial charge in [-0.05, 0) is 27.9 Å². The molecule has 0 saturated heterocycles. The second-order valence-electron chi connectivity index (χ2n) is 6.15. The lowest BCUT2D eigenvalue weighted by Gasteiger charge is -2.29. The van der Waals surface area contributed by atoms with Crippen molar-refractivity contribution in [3.63, 3.8) is 0 Å². The van der Waals surface area contributed by atoms with Gasteiger partial charge in [0.05, 0.1) is 5.54 Å². The average molecular weight is 330 g/mol. The first-order valence-corrected chi connectivity index (χ1v) is 7.41. The molecule has 2 aromatic rings. The van der Waals surface area contributed by atoms with E-state index < -0.39 is 5.60 Å². The predicted molar refractivity (Wildman–Crippen MR) is 98.7 cm³/mol. The molecule has 0 aliphatic rings. The number of benzene rings is 2. The largest absolute Gasteiger partial charge is 0.369 e. The van der Waals surface area contributed by atoms with Gasteiger partial charge in [0.2, 0.25) is 0 Å². The fourth-order valence-corrected chi connectivity index (χ4v) is 2.02. The Hall–Kier alpha value is -1.79. The third-order valence-electron chi connectivity index (χ3n) is 4.05. The molecule has 2 rings (SSSR count). The van der Waals surface area contributed by atoms with Crippen LogP contribution in [0, 0.1) is 11.8 Å². The highest BCUT2D eigenvalue weighted by Crippen LogP contribution is 2.29. The smallest absolute Gasteiger partial charge is 0.176 e. The minimum atomic E-state index is -1.31. The summed E-state index contributed by atoms with van der Waals surface area (Å²) in [5.41, 5.74) is -0.0700. The number of hydrogen-bond donors (Lipinski definition) is 1. The standard InChI is InChI=1S/C20H23NO.ClH/c1-19(2,21(3)4)15-16-20(22,17-11-7-5-8-12-17)18-13-9-6-10-14-18;/h5-14,22H,1-4H3;1H. The maximum absolute atomic E-state index is 11.3. The zero-order valence-corrected chi connectivity index (χ0v) is 14.9. The SMILES string of the molecule is CN(C)C(C)(C)C#CC(O)(c1ccccc1)c1ccccc1.Cl. The third kappa shape index (κ3) is 4.36. The Morgan fingerprint density at radius 3 is 1.52 bits per heavy atom. The Morgan fingerprint density at radius 2 is 1.17 bits per heavy atom. The summed E-state index contributed by atoms with van der Waals surface area (Å²) < 4.78 is 0. The van der Waals surface area contributed by atoms with Crippen molar-refractivity contribution in [3.8, 4) is 11.8 Å². The third-order valence-corrected chi connectivity index (χ3v) is 4.05. The van der Waals surface area contributed by atoms with Gasteiger partial charge in [0, 0.05) is 11.1 Å². The molecule has 0 aliphatic carbocycles. The Morgan fingerprint density at radius 1 is 0.783 bits per heavy atom. The van der Waals surface area contributed by atoms with E-state index in [1.807, 2.05) is 93.5 Å². The van der Waals surface area contributed by atoms with E-state index in [9.17, 15) is 5.11 Å². The zero-order chi connectivity index (χ0) is 16.2. The maximum Gasteiger partial charge on any atom is 0.176 e. The number of rotatable bonds is 3. The summed E-state index contributed by atoms with van der Waals surface area (Å²) in [5, 5.41) is 11.3. The summed E-state index contributed by atoms with van der Waals surface area (Å²) in [6.07, 6.45) is 0. The molecule has 0 aliphatic heterocycles. The van der Waals surface area contributed by atoms with Crippen LogP contribution < -0.4 is 0 Å². The molecule has 3 heteroatoms. The first-order valence-electron chi connectivity index (χ1n) is 7.41. The van der Waals surface area contributed by atoms with Gasteiger partial charge in [0.25, 0.3) is 0 Å². The molecule has 0 saturated carbocycles. The van der Waals surface area contributed by atoms with Gasteiger partial charge in [0.1, 0.15) is 0 Å². The Labute approximate surface area is 145 Å². The first kappa shape index (κ1) is 19.3. The van der Waals surface area contributed by atoms with E-state index in [1.165, 1.54) is 0 Å². The molecule has 0 radical (unpaired) electrons. The first-order chi connectivity index (χ1) is 10.4. The van der Waals surface area contributed by atoms with Crippen LogP contribution in [0.15, 0.2) is 60.7 Å². The Kier molecular flexibility index (Phi) is 6.41. The molecule has 1 N–H and O–H groups in total. The van der Waals surface area contributed by atoms with Gasteiger partial charge in [0.15, 0.2) is 5.60 Å². The lowest BCUT2D eigenvalue weighted by Crippen LogP contribution is -2.37. The molecule has 0 heterocycles. The van der Waals surface area contributed by atoms with E-state index in [0.29, 0.717) is 0 Å². The minimum absolute atomic E-state index is 0. The summed E-state index contributed by atoms with van der Waals surface area (Å²) in [6.45, 7) is 4.08. The van der Waals surface area contributed by atoms with Crippen molar-refractivity contribution >= 4 is 12.4 Å². The Bertz CT molecular complexity index is 630. The molecule has 0 amide bonds. The van der Waals surface area contributed by atoms with Crippen LogP contribution in [-0.2, 0) is 5.60 Å². The number of halogens is 1. The molecule has 0 unspecified atom stereocenters. The highest BCUT2D eigenvalue weighted by molar-refractivity contribution is 5.85. The van der Waals surface area contributed by atoms with E-state index in [4.69, 9.17) is 0 Å². The van der Waals surface area contributed by atoms with E-state index in [2.05, 4.69) is 11.8 Å². The molecule has 2 aromatic carbocycles. The van der Waals surface area contributed by atoms with Crippen molar-refractivity contribution in [2.24, 2.45) is 0 Å². The molecular weight excluding hydrogens is 306 g/mol. The monoisotopic (exact) mass is 329 g/mol. The summed E-state index contributed by atoms with van der Waals surface area (Å²) in [5.74, 6) is 6.34. The van der Waals surface area contributed by atoms with Gasteiger partial charge >= 0.3 is 0 Å². The molecule has 0 atom stereocenters. The second kappa shape index (κ2) is 7.66. The van der Waals surface area contributed by atoms with Gasteiger partial charge in [-0.2, -0.15) is 0 Å². The molecule has 23 heavy (non-hydrogen) atoms. The summed E-state index contributed by atoms with van der Waals surface area (Å²) in [6, 6.07) is 19.2. The van der Waals surface area contributed by atoms with E-state index >= 15 is 0 Å². The van der Waals surface area contributed by atoms with Crippen molar-refractivity contribution in [1.82, 2.24) is 4.90 Å². The van der Waals surface area contributed by atoms with Crippen molar-refractivity contribution in [3.05, 3.63) is 71.8 Å². The minimum Gasteiger partial charge on any atom is -0.369 e. The van der Waals surface area contributed by atoms with Crippen LogP contribution in [0.25, 0.3) is 0 Å². The summed E-state index contributed by atoms with van der Waals surface area (Å²) >= 11 is 0. The number of nitrogens with zero attached hydrogens (tertiary/aromatic N) is 1. The lowest BCUT2D eigenvalue weighted by molar-refractivity contribution is 0.144. The number of aliphatic hydroxyl groups is 1. The highest BCUT2D eigenvalue weighted by Gasteiger charge is 2.30. The van der Waals surface area contributed by atoms with Crippen LogP contribution in [-0.4, -0.2) is 29.6 Å². The average Bonchev–Trinajstić information content (AvgIpc) is 2.54. The van der Waals surface area contributed by atoms with Crippen LogP contribution >= 0.6 is 12.4 Å². The van der Waals surface area contributed by atoms with Crippen LogP contribution in [0.4, 0.5) is 0 Å². The van der Waals surface area contributed by atoms with Crippen LogP contribution in [0.5, 0.6) is 0 Å².